The Kier molecular flexibility index (Phi) is 5.07. The first-order valence-corrected chi connectivity index (χ1v) is 9.72. The lowest BCUT2D eigenvalue weighted by Gasteiger charge is -2.11. The number of ether oxygens (including phenoxy) is 1. The van der Waals surface area contributed by atoms with Gasteiger partial charge in [-0.1, -0.05) is 18.2 Å². The average molecular weight is 455 g/mol. The van der Waals surface area contributed by atoms with Gasteiger partial charge in [0.05, 0.1) is 33.9 Å². The second kappa shape index (κ2) is 7.67. The minimum absolute atomic E-state index is 0.157. The van der Waals surface area contributed by atoms with Gasteiger partial charge in [0, 0.05) is 5.69 Å². The first kappa shape index (κ1) is 19.1. The number of para-hydroxylation sites is 1. The number of pyridine rings is 1. The maximum Gasteiger partial charge on any atom is 0.360 e. The van der Waals surface area contributed by atoms with E-state index in [4.69, 9.17) is 4.74 Å². The van der Waals surface area contributed by atoms with E-state index in [9.17, 15) is 14.3 Å². The Balaban J connectivity index is 2.07. The summed E-state index contributed by atoms with van der Waals surface area (Å²) >= 11 is 3.57. The first-order valence-electron chi connectivity index (χ1n) is 8.93. The molecule has 0 bridgehead atoms. The fourth-order valence-corrected chi connectivity index (χ4v) is 4.07. The highest BCUT2D eigenvalue weighted by Gasteiger charge is 2.25. The fraction of sp³-hybridized carbons (Fsp3) is 0.0909. The van der Waals surface area contributed by atoms with E-state index >= 15 is 0 Å². The van der Waals surface area contributed by atoms with Gasteiger partial charge in [-0.2, -0.15) is 0 Å². The highest BCUT2D eigenvalue weighted by molar-refractivity contribution is 9.10. The number of carbonyl (C=O) groups is 1. The number of aromatic nitrogens is 2. The maximum absolute atomic E-state index is 13.5. The van der Waals surface area contributed by atoms with Gasteiger partial charge in [0.1, 0.15) is 5.82 Å². The second-order valence-electron chi connectivity index (χ2n) is 6.28. The van der Waals surface area contributed by atoms with Crippen LogP contribution in [0.5, 0.6) is 5.75 Å². The van der Waals surface area contributed by atoms with Gasteiger partial charge >= 0.3 is 5.97 Å². The van der Waals surface area contributed by atoms with Gasteiger partial charge in [0.15, 0.2) is 11.4 Å². The average Bonchev–Trinajstić information content (AvgIpc) is 3.03. The van der Waals surface area contributed by atoms with Gasteiger partial charge < -0.3 is 14.4 Å². The molecule has 146 valence electrons. The third-order valence-electron chi connectivity index (χ3n) is 4.53. The van der Waals surface area contributed by atoms with E-state index in [0.29, 0.717) is 21.1 Å². The lowest BCUT2D eigenvalue weighted by Crippen LogP contribution is -2.07. The number of hydrogen-bond donors (Lipinski definition) is 1. The predicted octanol–water partition coefficient (Wildman–Crippen LogP) is 5.48. The lowest BCUT2D eigenvalue weighted by molar-refractivity contribution is 0.0516. The van der Waals surface area contributed by atoms with Crippen molar-refractivity contribution in [2.45, 2.75) is 6.92 Å². The van der Waals surface area contributed by atoms with Crippen LogP contribution >= 0.6 is 15.9 Å². The second-order valence-corrected chi connectivity index (χ2v) is 7.07. The van der Waals surface area contributed by atoms with Gasteiger partial charge in [-0.3, -0.25) is 0 Å². The molecule has 2 aromatic heterocycles. The van der Waals surface area contributed by atoms with Gasteiger partial charge in [0.2, 0.25) is 0 Å². The van der Waals surface area contributed by atoms with Crippen molar-refractivity contribution in [2.75, 3.05) is 6.61 Å². The number of hydrogen-bond acceptors (Lipinski definition) is 4. The molecule has 7 heteroatoms. The number of halogens is 2. The predicted molar refractivity (Wildman–Crippen MR) is 112 cm³/mol. The van der Waals surface area contributed by atoms with Crippen molar-refractivity contribution >= 4 is 32.8 Å². The molecule has 4 aromatic rings. The van der Waals surface area contributed by atoms with E-state index in [1.54, 1.807) is 19.1 Å². The Morgan fingerprint density at radius 2 is 1.86 bits per heavy atom. The molecule has 0 unspecified atom stereocenters. The molecule has 1 N–H and O–H groups in total. The van der Waals surface area contributed by atoms with Gasteiger partial charge in [0.25, 0.3) is 0 Å². The van der Waals surface area contributed by atoms with Crippen LogP contribution in [0.3, 0.4) is 0 Å². The normalized spacial score (nSPS) is 11.0. The molecule has 0 amide bonds. The van der Waals surface area contributed by atoms with Crippen molar-refractivity contribution in [3.63, 3.8) is 0 Å². The molecule has 0 spiro atoms. The molecule has 0 saturated heterocycles. The molecule has 0 aliphatic rings. The number of fused-ring (bicyclic) bond motifs is 1. The Morgan fingerprint density at radius 3 is 2.52 bits per heavy atom. The zero-order valence-electron chi connectivity index (χ0n) is 15.4. The molecule has 0 radical (unpaired) electrons. The molecule has 5 nitrogen and oxygen atoms in total. The number of esters is 1. The van der Waals surface area contributed by atoms with Crippen LogP contribution in [0.2, 0.25) is 0 Å². The molecule has 0 atom stereocenters. The van der Waals surface area contributed by atoms with Crippen LogP contribution in [0.25, 0.3) is 27.8 Å². The van der Waals surface area contributed by atoms with E-state index in [2.05, 4.69) is 20.9 Å². The van der Waals surface area contributed by atoms with Crippen molar-refractivity contribution in [1.82, 2.24) is 9.55 Å². The minimum Gasteiger partial charge on any atom is -0.505 e. The number of aromatic hydroxyl groups is 1. The number of rotatable bonds is 4. The summed E-state index contributed by atoms with van der Waals surface area (Å²) in [7, 11) is 0. The molecular formula is C22H16BrFN2O3. The smallest absolute Gasteiger partial charge is 0.360 e. The van der Waals surface area contributed by atoms with Crippen LogP contribution in [0.1, 0.15) is 17.4 Å². The molecule has 2 heterocycles. The third-order valence-corrected chi connectivity index (χ3v) is 5.30. The van der Waals surface area contributed by atoms with Crippen molar-refractivity contribution in [2.24, 2.45) is 0 Å². The van der Waals surface area contributed by atoms with Crippen molar-refractivity contribution in [3.8, 4) is 22.7 Å². The van der Waals surface area contributed by atoms with Crippen molar-refractivity contribution in [3.05, 3.63) is 76.8 Å². The van der Waals surface area contributed by atoms with Crippen LogP contribution in [0.4, 0.5) is 4.39 Å². The zero-order valence-corrected chi connectivity index (χ0v) is 17.0. The molecule has 4 rings (SSSR count). The van der Waals surface area contributed by atoms with Crippen LogP contribution in [0, 0.1) is 5.82 Å². The topological polar surface area (TPSA) is 64.3 Å². The van der Waals surface area contributed by atoms with E-state index in [-0.39, 0.29) is 23.9 Å². The monoisotopic (exact) mass is 454 g/mol. The Labute approximate surface area is 174 Å². The molecule has 29 heavy (non-hydrogen) atoms. The standard InChI is InChI=1S/C22H16BrFN2O3/c1-2-29-22(28)19-21(27)17-16(12-25-19)26(15-6-4-3-5-7-15)20(18(17)23)13-8-10-14(24)11-9-13/h3-12,27H,2H2,1H3. The number of nitrogens with zero attached hydrogens (tertiary/aromatic N) is 2. The van der Waals surface area contributed by atoms with E-state index in [0.717, 1.165) is 11.3 Å². The molecule has 0 aliphatic heterocycles. The molecular weight excluding hydrogens is 439 g/mol. The Hall–Kier alpha value is -3.19. The van der Waals surface area contributed by atoms with Crippen molar-refractivity contribution < 1.29 is 19.0 Å². The minimum atomic E-state index is -0.699. The largest absolute Gasteiger partial charge is 0.505 e. The summed E-state index contributed by atoms with van der Waals surface area (Å²) < 4.78 is 20.9. The third kappa shape index (κ3) is 3.27. The van der Waals surface area contributed by atoms with E-state index in [1.807, 2.05) is 34.9 Å². The SMILES string of the molecule is CCOC(=O)c1ncc2c(c1O)c(Br)c(-c1ccc(F)cc1)n2-c1ccccc1. The van der Waals surface area contributed by atoms with Crippen LogP contribution in [-0.4, -0.2) is 27.2 Å². The quantitative estimate of drug-likeness (QED) is 0.414. The number of carbonyl (C=O) groups excluding carboxylic acids is 1. The number of benzene rings is 2. The highest BCUT2D eigenvalue weighted by Crippen LogP contribution is 2.44. The van der Waals surface area contributed by atoms with E-state index < -0.39 is 5.97 Å². The molecule has 0 fully saturated rings. The summed E-state index contributed by atoms with van der Waals surface area (Å²) in [6.07, 6.45) is 1.52. The first-order chi connectivity index (χ1) is 14.0. The lowest BCUT2D eigenvalue weighted by atomic mass is 10.1. The van der Waals surface area contributed by atoms with Crippen LogP contribution in [0.15, 0.2) is 65.3 Å². The Bertz CT molecular complexity index is 1200. The van der Waals surface area contributed by atoms with Crippen molar-refractivity contribution in [1.29, 1.82) is 0 Å². The summed E-state index contributed by atoms with van der Waals surface area (Å²) in [4.78, 5) is 16.3. The highest BCUT2D eigenvalue weighted by atomic mass is 79.9. The van der Waals surface area contributed by atoms with Gasteiger partial charge in [-0.05, 0) is 64.8 Å². The molecule has 0 aliphatic carbocycles. The van der Waals surface area contributed by atoms with Gasteiger partial charge in [-0.15, -0.1) is 0 Å². The summed E-state index contributed by atoms with van der Waals surface area (Å²) in [5.41, 5.74) is 2.69. The molecule has 2 aromatic carbocycles. The van der Waals surface area contributed by atoms with Crippen LogP contribution < -0.4 is 0 Å². The van der Waals surface area contributed by atoms with E-state index in [1.165, 1.54) is 18.3 Å². The molecule has 0 saturated carbocycles. The summed E-state index contributed by atoms with van der Waals surface area (Å²) in [5, 5.41) is 11.3. The maximum atomic E-state index is 13.5. The summed E-state index contributed by atoms with van der Waals surface area (Å²) in [6, 6.07) is 15.6. The summed E-state index contributed by atoms with van der Waals surface area (Å²) in [5.74, 6) is -1.32. The van der Waals surface area contributed by atoms with Crippen LogP contribution in [-0.2, 0) is 4.74 Å². The fourth-order valence-electron chi connectivity index (χ4n) is 3.27. The van der Waals surface area contributed by atoms with Gasteiger partial charge in [-0.25, -0.2) is 14.2 Å². The summed E-state index contributed by atoms with van der Waals surface area (Å²) in [6.45, 7) is 1.85. The zero-order chi connectivity index (χ0) is 20.5. The Morgan fingerprint density at radius 1 is 1.17 bits per heavy atom.